The van der Waals surface area contributed by atoms with Crippen molar-refractivity contribution in [1.82, 2.24) is 9.88 Å². The van der Waals surface area contributed by atoms with Crippen molar-refractivity contribution in [2.45, 2.75) is 38.3 Å². The Morgan fingerprint density at radius 2 is 2.00 bits per heavy atom. The van der Waals surface area contributed by atoms with E-state index in [0.29, 0.717) is 11.3 Å². The number of carbonyl (C=O) groups is 2. The molecule has 0 saturated carbocycles. The molecule has 0 radical (unpaired) electrons. The molecule has 26 heavy (non-hydrogen) atoms. The molecule has 4 rings (SSSR count). The molecule has 2 bridgehead atoms. The summed E-state index contributed by atoms with van der Waals surface area (Å²) in [7, 11) is 0. The summed E-state index contributed by atoms with van der Waals surface area (Å²) in [6, 6.07) is 7.18. The zero-order chi connectivity index (χ0) is 18.3. The van der Waals surface area contributed by atoms with Gasteiger partial charge in [0.2, 0.25) is 0 Å². The van der Waals surface area contributed by atoms with Crippen molar-refractivity contribution in [3.8, 4) is 11.1 Å². The number of amides is 2. The number of benzene rings is 1. The lowest BCUT2D eigenvalue weighted by Gasteiger charge is -2.54. The number of rotatable bonds is 3. The van der Waals surface area contributed by atoms with Crippen molar-refractivity contribution in [2.75, 3.05) is 5.32 Å². The van der Waals surface area contributed by atoms with Crippen molar-refractivity contribution in [3.63, 3.8) is 0 Å². The van der Waals surface area contributed by atoms with Crippen molar-refractivity contribution >= 4 is 18.0 Å². The molecule has 2 aromatic rings. The van der Waals surface area contributed by atoms with E-state index >= 15 is 0 Å². The quantitative estimate of drug-likeness (QED) is 0.854. The molecule has 2 unspecified atom stereocenters. The molecule has 6 heteroatoms. The minimum atomic E-state index is -0.394. The molecule has 0 aliphatic carbocycles. The zero-order valence-corrected chi connectivity index (χ0v) is 14.5. The molecule has 2 atom stereocenters. The maximum Gasteiger partial charge on any atom is 0.322 e. The monoisotopic (exact) mass is 353 g/mol. The number of fused-ring (bicyclic) bond motifs is 2. The van der Waals surface area contributed by atoms with Gasteiger partial charge in [0.1, 0.15) is 12.1 Å². The maximum absolute atomic E-state index is 13.5. The Morgan fingerprint density at radius 3 is 2.69 bits per heavy atom. The van der Waals surface area contributed by atoms with E-state index < -0.39 is 5.82 Å². The standard InChI is InChI=1S/C20H20FN3O2/c1-12-2-3-16(7-19(12)14-6-15(21)10-22-9-14)23-20(26)24-17-4-13(11-25)5-18(24)8-17/h2-3,6-7,9-11,13,17-18H,4-5,8H2,1H3,(H,23,26). The van der Waals surface area contributed by atoms with E-state index in [9.17, 15) is 14.0 Å². The molecule has 134 valence electrons. The van der Waals surface area contributed by atoms with Crippen LogP contribution in [0.1, 0.15) is 24.8 Å². The Morgan fingerprint density at radius 1 is 1.23 bits per heavy atom. The lowest BCUT2D eigenvalue weighted by Crippen LogP contribution is -2.64. The van der Waals surface area contributed by atoms with Crippen molar-refractivity contribution in [2.24, 2.45) is 5.92 Å². The molecule has 1 aromatic heterocycles. The zero-order valence-electron chi connectivity index (χ0n) is 14.5. The minimum absolute atomic E-state index is 0.0780. The van der Waals surface area contributed by atoms with Crippen LogP contribution in [0.2, 0.25) is 0 Å². The fraction of sp³-hybridized carbons (Fsp3) is 0.350. The predicted molar refractivity (Wildman–Crippen MR) is 96.2 cm³/mol. The highest BCUT2D eigenvalue weighted by Gasteiger charge is 2.47. The second-order valence-corrected chi connectivity index (χ2v) is 7.17. The second kappa shape index (κ2) is 6.52. The van der Waals surface area contributed by atoms with Gasteiger partial charge in [-0.3, -0.25) is 4.98 Å². The number of piperidine rings is 1. The SMILES string of the molecule is Cc1ccc(NC(=O)N2C3CC(C=O)CC2C3)cc1-c1cncc(F)c1. The summed E-state index contributed by atoms with van der Waals surface area (Å²) >= 11 is 0. The van der Waals surface area contributed by atoms with Crippen molar-refractivity contribution in [3.05, 3.63) is 48.0 Å². The Labute approximate surface area is 151 Å². The Bertz CT molecular complexity index is 858. The van der Waals surface area contributed by atoms with E-state index in [2.05, 4.69) is 10.3 Å². The van der Waals surface area contributed by atoms with Crippen LogP contribution < -0.4 is 5.32 Å². The van der Waals surface area contributed by atoms with Gasteiger partial charge in [0.05, 0.1) is 6.20 Å². The fourth-order valence-corrected chi connectivity index (χ4v) is 4.12. The number of nitrogens with one attached hydrogen (secondary N) is 1. The van der Waals surface area contributed by atoms with Gasteiger partial charge in [-0.05, 0) is 55.5 Å². The van der Waals surface area contributed by atoms with Gasteiger partial charge >= 0.3 is 6.03 Å². The number of aryl methyl sites for hydroxylation is 1. The van der Waals surface area contributed by atoms with E-state index in [0.717, 1.165) is 36.7 Å². The molecule has 3 heterocycles. The van der Waals surface area contributed by atoms with Gasteiger partial charge in [-0.1, -0.05) is 6.07 Å². The van der Waals surface area contributed by atoms with E-state index in [1.807, 2.05) is 30.0 Å². The highest BCUT2D eigenvalue weighted by Crippen LogP contribution is 2.41. The molecule has 2 saturated heterocycles. The normalized spacial score (nSPS) is 23.9. The van der Waals surface area contributed by atoms with Gasteiger partial charge in [0, 0.05) is 35.4 Å². The van der Waals surface area contributed by atoms with Crippen LogP contribution in [0.15, 0.2) is 36.7 Å². The number of anilines is 1. The van der Waals surface area contributed by atoms with Gasteiger partial charge in [0.15, 0.2) is 0 Å². The summed E-state index contributed by atoms with van der Waals surface area (Å²) in [6.07, 6.45) is 6.26. The highest BCUT2D eigenvalue weighted by atomic mass is 19.1. The van der Waals surface area contributed by atoms with Crippen LogP contribution in [0.3, 0.4) is 0 Å². The summed E-state index contributed by atoms with van der Waals surface area (Å²) in [5.74, 6) is -0.316. The van der Waals surface area contributed by atoms with Crippen LogP contribution in [-0.2, 0) is 4.79 Å². The van der Waals surface area contributed by atoms with Crippen LogP contribution in [0.4, 0.5) is 14.9 Å². The van der Waals surface area contributed by atoms with Crippen LogP contribution in [0.5, 0.6) is 0 Å². The first-order valence-corrected chi connectivity index (χ1v) is 8.81. The number of pyridine rings is 1. The molecule has 5 nitrogen and oxygen atoms in total. The molecular weight excluding hydrogens is 333 g/mol. The number of hydrogen-bond donors (Lipinski definition) is 1. The molecule has 1 N–H and O–H groups in total. The Balaban J connectivity index is 1.52. The van der Waals surface area contributed by atoms with Gasteiger partial charge in [-0.25, -0.2) is 9.18 Å². The number of halogens is 1. The fourth-order valence-electron chi connectivity index (χ4n) is 4.12. The first-order chi connectivity index (χ1) is 12.5. The molecule has 2 aliphatic rings. The predicted octanol–water partition coefficient (Wildman–Crippen LogP) is 3.78. The topological polar surface area (TPSA) is 62.3 Å². The number of aromatic nitrogens is 1. The van der Waals surface area contributed by atoms with Gasteiger partial charge in [-0.2, -0.15) is 0 Å². The smallest absolute Gasteiger partial charge is 0.318 e. The lowest BCUT2D eigenvalue weighted by molar-refractivity contribution is -0.116. The number of carbonyl (C=O) groups excluding carboxylic acids is 2. The molecule has 2 amide bonds. The average Bonchev–Trinajstić information content (AvgIpc) is 2.63. The lowest BCUT2D eigenvalue weighted by atomic mass is 9.74. The summed E-state index contributed by atoms with van der Waals surface area (Å²) in [6.45, 7) is 1.94. The Kier molecular flexibility index (Phi) is 4.18. The van der Waals surface area contributed by atoms with E-state index in [-0.39, 0.29) is 24.0 Å². The summed E-state index contributed by atoms with van der Waals surface area (Å²) in [5.41, 5.74) is 3.15. The molecule has 2 fully saturated rings. The third-order valence-electron chi connectivity index (χ3n) is 5.41. The van der Waals surface area contributed by atoms with E-state index in [1.54, 1.807) is 6.20 Å². The van der Waals surface area contributed by atoms with E-state index in [4.69, 9.17) is 0 Å². The molecule has 0 spiro atoms. The molecular formula is C20H20FN3O2. The second-order valence-electron chi connectivity index (χ2n) is 7.17. The summed E-state index contributed by atoms with van der Waals surface area (Å²) in [4.78, 5) is 29.4. The van der Waals surface area contributed by atoms with Crippen LogP contribution in [0, 0.1) is 18.7 Å². The van der Waals surface area contributed by atoms with Crippen LogP contribution in [0.25, 0.3) is 11.1 Å². The Hall–Kier alpha value is -2.76. The van der Waals surface area contributed by atoms with Crippen molar-refractivity contribution < 1.29 is 14.0 Å². The molecule has 2 aliphatic heterocycles. The first kappa shape index (κ1) is 16.7. The first-order valence-electron chi connectivity index (χ1n) is 8.81. The largest absolute Gasteiger partial charge is 0.322 e. The van der Waals surface area contributed by atoms with E-state index in [1.165, 1.54) is 12.3 Å². The van der Waals surface area contributed by atoms with Gasteiger partial charge in [0.25, 0.3) is 0 Å². The molecule has 1 aromatic carbocycles. The van der Waals surface area contributed by atoms with Crippen molar-refractivity contribution in [1.29, 1.82) is 0 Å². The number of hydrogen-bond acceptors (Lipinski definition) is 3. The number of aldehydes is 1. The van der Waals surface area contributed by atoms with Gasteiger partial charge < -0.3 is 15.0 Å². The summed E-state index contributed by atoms with van der Waals surface area (Å²) < 4.78 is 13.5. The van der Waals surface area contributed by atoms with Crippen LogP contribution >= 0.6 is 0 Å². The maximum atomic E-state index is 13.5. The highest BCUT2D eigenvalue weighted by molar-refractivity contribution is 5.91. The van der Waals surface area contributed by atoms with Gasteiger partial charge in [-0.15, -0.1) is 0 Å². The summed E-state index contributed by atoms with van der Waals surface area (Å²) in [5, 5.41) is 2.94. The van der Waals surface area contributed by atoms with Crippen LogP contribution in [-0.4, -0.2) is 34.3 Å². The average molecular weight is 353 g/mol. The third kappa shape index (κ3) is 2.96. The third-order valence-corrected chi connectivity index (χ3v) is 5.41. The minimum Gasteiger partial charge on any atom is -0.318 e. The number of nitrogens with zero attached hydrogens (tertiary/aromatic N) is 2. The number of urea groups is 1.